The molecule has 1 unspecified atom stereocenters. The van der Waals surface area contributed by atoms with Crippen molar-refractivity contribution in [2.75, 3.05) is 6.61 Å². The molecular weight excluding hydrogens is 228 g/mol. The van der Waals surface area contributed by atoms with Gasteiger partial charge in [0.25, 0.3) is 0 Å². The number of carbonyl (C=O) groups excluding carboxylic acids is 1. The second kappa shape index (κ2) is 4.94. The van der Waals surface area contributed by atoms with Crippen LogP contribution >= 0.6 is 0 Å². The Morgan fingerprint density at radius 2 is 2.22 bits per heavy atom. The van der Waals surface area contributed by atoms with E-state index in [-0.39, 0.29) is 11.9 Å². The predicted molar refractivity (Wildman–Crippen MR) is 68.8 cm³/mol. The van der Waals surface area contributed by atoms with Crippen molar-refractivity contribution >= 4 is 16.8 Å². The molecule has 1 aliphatic rings. The second-order valence-electron chi connectivity index (χ2n) is 4.74. The van der Waals surface area contributed by atoms with Gasteiger partial charge in [0.05, 0.1) is 11.7 Å². The molecule has 18 heavy (non-hydrogen) atoms. The van der Waals surface area contributed by atoms with Gasteiger partial charge in [0.2, 0.25) is 0 Å². The standard InChI is InChI=1S/C15H16O3/c16-14(8-7-11-4-3-9-17-11)13-10-18-15-6-2-1-5-12(13)15/h1-2,5-6,10-11H,3-4,7-9H2. The first-order valence-electron chi connectivity index (χ1n) is 6.45. The maximum absolute atomic E-state index is 12.2. The average molecular weight is 244 g/mol. The largest absolute Gasteiger partial charge is 0.464 e. The van der Waals surface area contributed by atoms with E-state index in [1.807, 2.05) is 24.3 Å². The Balaban J connectivity index is 1.71. The highest BCUT2D eigenvalue weighted by atomic mass is 16.5. The van der Waals surface area contributed by atoms with Gasteiger partial charge in [-0.2, -0.15) is 0 Å². The number of Topliss-reactive ketones (excluding diaryl/α,β-unsaturated/α-hetero) is 1. The Hall–Kier alpha value is -1.61. The number of hydrogen-bond acceptors (Lipinski definition) is 3. The number of carbonyl (C=O) groups is 1. The van der Waals surface area contributed by atoms with Crippen LogP contribution in [0, 0.1) is 0 Å². The fourth-order valence-electron chi connectivity index (χ4n) is 2.49. The van der Waals surface area contributed by atoms with Crippen molar-refractivity contribution in [3.8, 4) is 0 Å². The van der Waals surface area contributed by atoms with Gasteiger partial charge >= 0.3 is 0 Å². The van der Waals surface area contributed by atoms with Gasteiger partial charge < -0.3 is 9.15 Å². The summed E-state index contributed by atoms with van der Waals surface area (Å²) in [5, 5.41) is 0.912. The quantitative estimate of drug-likeness (QED) is 0.772. The number of hydrogen-bond donors (Lipinski definition) is 0. The van der Waals surface area contributed by atoms with Crippen molar-refractivity contribution in [3.63, 3.8) is 0 Å². The summed E-state index contributed by atoms with van der Waals surface area (Å²) >= 11 is 0. The topological polar surface area (TPSA) is 39.4 Å². The maximum atomic E-state index is 12.2. The summed E-state index contributed by atoms with van der Waals surface area (Å²) in [5.41, 5.74) is 1.47. The molecule has 1 fully saturated rings. The lowest BCUT2D eigenvalue weighted by molar-refractivity contribution is 0.0860. The molecule has 0 amide bonds. The highest BCUT2D eigenvalue weighted by Crippen LogP contribution is 2.24. The highest BCUT2D eigenvalue weighted by molar-refractivity contribution is 6.07. The van der Waals surface area contributed by atoms with Crippen molar-refractivity contribution in [2.45, 2.75) is 31.8 Å². The minimum absolute atomic E-state index is 0.149. The number of rotatable bonds is 4. The minimum Gasteiger partial charge on any atom is -0.464 e. The lowest BCUT2D eigenvalue weighted by atomic mass is 10.0. The fraction of sp³-hybridized carbons (Fsp3) is 0.400. The van der Waals surface area contributed by atoms with E-state index in [4.69, 9.17) is 9.15 Å². The summed E-state index contributed by atoms with van der Waals surface area (Å²) < 4.78 is 10.9. The van der Waals surface area contributed by atoms with Gasteiger partial charge in [-0.3, -0.25) is 4.79 Å². The molecule has 1 aliphatic heterocycles. The van der Waals surface area contributed by atoms with Crippen molar-refractivity contribution in [3.05, 3.63) is 36.1 Å². The Morgan fingerprint density at radius 3 is 3.06 bits per heavy atom. The molecule has 0 N–H and O–H groups in total. The van der Waals surface area contributed by atoms with E-state index in [2.05, 4.69) is 0 Å². The number of para-hydroxylation sites is 1. The predicted octanol–water partition coefficient (Wildman–Crippen LogP) is 3.57. The first-order valence-corrected chi connectivity index (χ1v) is 6.45. The van der Waals surface area contributed by atoms with E-state index < -0.39 is 0 Å². The first-order chi connectivity index (χ1) is 8.84. The van der Waals surface area contributed by atoms with E-state index in [1.165, 1.54) is 0 Å². The summed E-state index contributed by atoms with van der Waals surface area (Å²) in [6.07, 6.45) is 5.40. The fourth-order valence-corrected chi connectivity index (χ4v) is 2.49. The molecule has 1 atom stereocenters. The van der Waals surface area contributed by atoms with Crippen LogP contribution in [0.5, 0.6) is 0 Å². The van der Waals surface area contributed by atoms with Crippen LogP contribution in [-0.4, -0.2) is 18.5 Å². The van der Waals surface area contributed by atoms with Crippen LogP contribution in [0.25, 0.3) is 11.0 Å². The molecule has 3 heteroatoms. The molecule has 2 heterocycles. The van der Waals surface area contributed by atoms with Crippen LogP contribution in [0.3, 0.4) is 0 Å². The van der Waals surface area contributed by atoms with Crippen LogP contribution in [-0.2, 0) is 4.74 Å². The molecule has 0 aliphatic carbocycles. The van der Waals surface area contributed by atoms with Crippen LogP contribution in [0.4, 0.5) is 0 Å². The monoisotopic (exact) mass is 244 g/mol. The molecule has 1 saturated heterocycles. The van der Waals surface area contributed by atoms with E-state index >= 15 is 0 Å². The van der Waals surface area contributed by atoms with Crippen LogP contribution in [0.2, 0.25) is 0 Å². The Bertz CT molecular complexity index is 550. The third kappa shape index (κ3) is 2.18. The summed E-state index contributed by atoms with van der Waals surface area (Å²) in [6, 6.07) is 7.64. The number of ether oxygens (including phenoxy) is 1. The van der Waals surface area contributed by atoms with Crippen LogP contribution < -0.4 is 0 Å². The highest BCUT2D eigenvalue weighted by Gasteiger charge is 2.19. The van der Waals surface area contributed by atoms with E-state index in [1.54, 1.807) is 6.26 Å². The molecule has 0 bridgehead atoms. The lowest BCUT2D eigenvalue weighted by Crippen LogP contribution is -2.08. The van der Waals surface area contributed by atoms with E-state index in [0.29, 0.717) is 12.0 Å². The SMILES string of the molecule is O=C(CCC1CCCO1)c1coc2ccccc12. The van der Waals surface area contributed by atoms with Gasteiger partial charge in [-0.1, -0.05) is 18.2 Å². The maximum Gasteiger partial charge on any atom is 0.166 e. The van der Waals surface area contributed by atoms with Crippen molar-refractivity contribution in [1.82, 2.24) is 0 Å². The molecule has 94 valence electrons. The Morgan fingerprint density at radius 1 is 1.33 bits per heavy atom. The zero-order valence-electron chi connectivity index (χ0n) is 10.2. The molecule has 3 rings (SSSR count). The number of ketones is 1. The van der Waals surface area contributed by atoms with Crippen molar-refractivity contribution in [2.24, 2.45) is 0 Å². The van der Waals surface area contributed by atoms with Crippen molar-refractivity contribution in [1.29, 1.82) is 0 Å². The lowest BCUT2D eigenvalue weighted by Gasteiger charge is -2.07. The number of furan rings is 1. The van der Waals surface area contributed by atoms with Gasteiger partial charge in [0, 0.05) is 18.4 Å². The third-order valence-electron chi connectivity index (χ3n) is 3.50. The molecule has 0 radical (unpaired) electrons. The number of benzene rings is 1. The van der Waals surface area contributed by atoms with Crippen LogP contribution in [0.1, 0.15) is 36.0 Å². The van der Waals surface area contributed by atoms with Gasteiger partial charge in [0.1, 0.15) is 11.8 Å². The van der Waals surface area contributed by atoms with Crippen LogP contribution in [0.15, 0.2) is 34.9 Å². The zero-order chi connectivity index (χ0) is 12.4. The molecular formula is C15H16O3. The van der Waals surface area contributed by atoms with Gasteiger partial charge in [-0.05, 0) is 25.3 Å². The zero-order valence-corrected chi connectivity index (χ0v) is 10.2. The van der Waals surface area contributed by atoms with E-state index in [9.17, 15) is 4.79 Å². The summed E-state index contributed by atoms with van der Waals surface area (Å²) in [6.45, 7) is 0.841. The summed E-state index contributed by atoms with van der Waals surface area (Å²) in [4.78, 5) is 12.2. The average Bonchev–Trinajstić information content (AvgIpc) is 3.05. The molecule has 2 aromatic rings. The number of fused-ring (bicyclic) bond motifs is 1. The molecule has 1 aromatic heterocycles. The molecule has 1 aromatic carbocycles. The third-order valence-corrected chi connectivity index (χ3v) is 3.50. The Labute approximate surface area is 106 Å². The Kier molecular flexibility index (Phi) is 3.15. The molecule has 3 nitrogen and oxygen atoms in total. The molecule has 0 saturated carbocycles. The molecule has 0 spiro atoms. The smallest absolute Gasteiger partial charge is 0.166 e. The van der Waals surface area contributed by atoms with Gasteiger partial charge in [-0.25, -0.2) is 0 Å². The first kappa shape index (κ1) is 11.5. The van der Waals surface area contributed by atoms with Crippen molar-refractivity contribution < 1.29 is 13.9 Å². The summed E-state index contributed by atoms with van der Waals surface area (Å²) in [5.74, 6) is 0.149. The summed E-state index contributed by atoms with van der Waals surface area (Å²) in [7, 11) is 0. The second-order valence-corrected chi connectivity index (χ2v) is 4.74. The van der Waals surface area contributed by atoms with E-state index in [0.717, 1.165) is 36.8 Å². The normalized spacial score (nSPS) is 19.4. The van der Waals surface area contributed by atoms with Gasteiger partial charge in [-0.15, -0.1) is 0 Å². The minimum atomic E-state index is 0.149. The van der Waals surface area contributed by atoms with Gasteiger partial charge in [0.15, 0.2) is 5.78 Å².